The van der Waals surface area contributed by atoms with E-state index in [4.69, 9.17) is 9.15 Å². The number of β-lactam (4-membered cyclic amide) rings is 1. The van der Waals surface area contributed by atoms with Crippen molar-refractivity contribution >= 4 is 23.6 Å². The number of hydrogen-bond acceptors (Lipinski definition) is 5. The lowest BCUT2D eigenvalue weighted by atomic mass is 9.84. The van der Waals surface area contributed by atoms with Gasteiger partial charge in [-0.2, -0.15) is 0 Å². The molecule has 0 aliphatic carbocycles. The van der Waals surface area contributed by atoms with Gasteiger partial charge in [-0.1, -0.05) is 91.0 Å². The van der Waals surface area contributed by atoms with Crippen molar-refractivity contribution in [2.75, 3.05) is 0 Å². The maximum Gasteiger partial charge on any atom is 0.303 e. The average molecular weight is 484 g/mol. The van der Waals surface area contributed by atoms with E-state index in [1.807, 2.05) is 54.6 Å². The van der Waals surface area contributed by atoms with E-state index in [0.29, 0.717) is 5.76 Å². The molecule has 1 aliphatic heterocycles. The van der Waals surface area contributed by atoms with Crippen molar-refractivity contribution in [3.8, 4) is 0 Å². The summed E-state index contributed by atoms with van der Waals surface area (Å²) in [6.07, 6.45) is 0.709. The highest BCUT2D eigenvalue weighted by atomic mass is 32.2. The van der Waals surface area contributed by atoms with Gasteiger partial charge in [0.25, 0.3) is 0 Å². The molecule has 1 saturated heterocycles. The third kappa shape index (κ3) is 4.37. The average Bonchev–Trinajstić information content (AvgIpc) is 3.42. The van der Waals surface area contributed by atoms with Crippen LogP contribution >= 0.6 is 11.8 Å². The summed E-state index contributed by atoms with van der Waals surface area (Å²) in [6.45, 7) is 1.34. The zero-order valence-corrected chi connectivity index (χ0v) is 20.0. The van der Waals surface area contributed by atoms with Crippen LogP contribution in [0.25, 0.3) is 0 Å². The smallest absolute Gasteiger partial charge is 0.303 e. The molecule has 35 heavy (non-hydrogen) atoms. The highest BCUT2D eigenvalue weighted by molar-refractivity contribution is 8.01. The van der Waals surface area contributed by atoms with Crippen molar-refractivity contribution in [2.45, 2.75) is 23.1 Å². The molecule has 5 rings (SSSR count). The Morgan fingerprint density at radius 3 is 1.77 bits per heavy atom. The van der Waals surface area contributed by atoms with Crippen LogP contribution in [-0.2, 0) is 19.1 Å². The largest absolute Gasteiger partial charge is 0.465 e. The second-order valence-electron chi connectivity index (χ2n) is 8.40. The van der Waals surface area contributed by atoms with E-state index in [0.717, 1.165) is 16.7 Å². The molecule has 3 atom stereocenters. The summed E-state index contributed by atoms with van der Waals surface area (Å²) in [6, 6.07) is 34.3. The number of hydrogen-bond donors (Lipinski definition) is 1. The van der Waals surface area contributed by atoms with Crippen LogP contribution < -0.4 is 5.32 Å². The lowest BCUT2D eigenvalue weighted by Crippen LogP contribution is -2.60. The lowest BCUT2D eigenvalue weighted by molar-refractivity contribution is -0.157. The molecule has 0 saturated carbocycles. The first-order valence-corrected chi connectivity index (χ1v) is 12.3. The number of benzene rings is 3. The number of carbonyl (C=O) groups excluding carboxylic acids is 2. The van der Waals surface area contributed by atoms with Gasteiger partial charge in [-0.15, -0.1) is 11.8 Å². The molecule has 0 bridgehead atoms. The lowest BCUT2D eigenvalue weighted by Gasteiger charge is -2.45. The zero-order chi connectivity index (χ0) is 24.3. The molecule has 3 unspecified atom stereocenters. The number of esters is 1. The number of carbonyl (C=O) groups is 2. The number of furan rings is 1. The summed E-state index contributed by atoms with van der Waals surface area (Å²) in [5, 5.41) is 2.73. The van der Waals surface area contributed by atoms with Crippen molar-refractivity contribution in [1.29, 1.82) is 0 Å². The van der Waals surface area contributed by atoms with Crippen LogP contribution in [-0.4, -0.2) is 17.3 Å². The van der Waals surface area contributed by atoms with E-state index < -0.39 is 22.7 Å². The van der Waals surface area contributed by atoms with E-state index >= 15 is 0 Å². The molecule has 1 aromatic heterocycles. The first kappa shape index (κ1) is 23.0. The van der Waals surface area contributed by atoms with Gasteiger partial charge in [0.1, 0.15) is 11.7 Å². The highest BCUT2D eigenvalue weighted by Crippen LogP contribution is 2.53. The molecule has 5 nitrogen and oxygen atoms in total. The fourth-order valence-electron chi connectivity index (χ4n) is 4.62. The molecular weight excluding hydrogens is 458 g/mol. The highest BCUT2D eigenvalue weighted by Gasteiger charge is 2.52. The van der Waals surface area contributed by atoms with Crippen molar-refractivity contribution in [1.82, 2.24) is 5.32 Å². The van der Waals surface area contributed by atoms with Crippen LogP contribution in [0.5, 0.6) is 0 Å². The Labute approximate surface area is 208 Å². The van der Waals surface area contributed by atoms with Gasteiger partial charge in [0, 0.05) is 6.92 Å². The third-order valence-corrected chi connectivity index (χ3v) is 7.93. The van der Waals surface area contributed by atoms with Crippen molar-refractivity contribution in [3.05, 3.63) is 132 Å². The summed E-state index contributed by atoms with van der Waals surface area (Å²) in [5.41, 5.74) is 3.26. The first-order chi connectivity index (χ1) is 17.1. The Bertz CT molecular complexity index is 1180. The predicted molar refractivity (Wildman–Crippen MR) is 135 cm³/mol. The van der Waals surface area contributed by atoms with E-state index in [1.54, 1.807) is 23.9 Å². The molecule has 1 fully saturated rings. The minimum absolute atomic E-state index is 0.173. The maximum atomic E-state index is 12.9. The molecule has 2 heterocycles. The molecule has 176 valence electrons. The van der Waals surface area contributed by atoms with Gasteiger partial charge in [-0.05, 0) is 28.8 Å². The standard InChI is InChI=1S/C29H25NO4S/c1-20(31)34-26(24-18-11-19-33-24)25-27(32)30-28(25)35-29(21-12-5-2-6-13-21,22-14-7-3-8-15-22)23-16-9-4-10-17-23/h2-19,25-26,28H,1H3,(H,30,32). The van der Waals surface area contributed by atoms with Crippen LogP contribution in [0.3, 0.4) is 0 Å². The van der Waals surface area contributed by atoms with Gasteiger partial charge in [-0.3, -0.25) is 9.59 Å². The second kappa shape index (κ2) is 9.84. The van der Waals surface area contributed by atoms with Crippen LogP contribution in [0, 0.1) is 5.92 Å². The van der Waals surface area contributed by atoms with Gasteiger partial charge >= 0.3 is 5.97 Å². The monoisotopic (exact) mass is 483 g/mol. The third-order valence-electron chi connectivity index (χ3n) is 6.20. The van der Waals surface area contributed by atoms with Crippen LogP contribution in [0.4, 0.5) is 0 Å². The van der Waals surface area contributed by atoms with Crippen LogP contribution in [0.2, 0.25) is 0 Å². The Morgan fingerprint density at radius 2 is 1.37 bits per heavy atom. The van der Waals surface area contributed by atoms with Crippen LogP contribution in [0.1, 0.15) is 35.5 Å². The molecule has 1 aliphatic rings. The summed E-state index contributed by atoms with van der Waals surface area (Å²) >= 11 is 1.64. The van der Waals surface area contributed by atoms with E-state index in [1.165, 1.54) is 13.2 Å². The van der Waals surface area contributed by atoms with E-state index in [9.17, 15) is 9.59 Å². The predicted octanol–water partition coefficient (Wildman–Crippen LogP) is 5.68. The molecule has 4 aromatic rings. The fourth-order valence-corrected chi connectivity index (χ4v) is 6.41. The fraction of sp³-hybridized carbons (Fsp3) is 0.172. The van der Waals surface area contributed by atoms with Crippen molar-refractivity contribution in [3.63, 3.8) is 0 Å². The summed E-state index contributed by atoms with van der Waals surface area (Å²) in [5.74, 6) is -0.788. The van der Waals surface area contributed by atoms with Gasteiger partial charge in [-0.25, -0.2) is 0 Å². The van der Waals surface area contributed by atoms with Gasteiger partial charge in [0.15, 0.2) is 6.10 Å². The maximum absolute atomic E-state index is 12.9. The quantitative estimate of drug-likeness (QED) is 0.198. The Kier molecular flexibility index (Phi) is 6.47. The molecule has 6 heteroatoms. The van der Waals surface area contributed by atoms with Crippen LogP contribution in [0.15, 0.2) is 114 Å². The summed E-state index contributed by atoms with van der Waals surface area (Å²) < 4.78 is 10.6. The summed E-state index contributed by atoms with van der Waals surface area (Å²) in [7, 11) is 0. The molecule has 0 spiro atoms. The number of ether oxygens (including phenoxy) is 1. The van der Waals surface area contributed by atoms with Gasteiger partial charge in [0.2, 0.25) is 5.91 Å². The normalized spacial score (nSPS) is 18.3. The van der Waals surface area contributed by atoms with Crippen molar-refractivity contribution < 1.29 is 18.7 Å². The molecule has 0 radical (unpaired) electrons. The number of rotatable bonds is 8. The Balaban J connectivity index is 1.63. The molecule has 1 amide bonds. The summed E-state index contributed by atoms with van der Waals surface area (Å²) in [4.78, 5) is 24.9. The Hall–Kier alpha value is -3.77. The van der Waals surface area contributed by atoms with E-state index in [2.05, 4.69) is 41.7 Å². The second-order valence-corrected chi connectivity index (χ2v) is 9.75. The van der Waals surface area contributed by atoms with Crippen molar-refractivity contribution in [2.24, 2.45) is 5.92 Å². The SMILES string of the molecule is CC(=O)OC(c1ccco1)C1C(=O)NC1SC(c1ccccc1)(c1ccccc1)c1ccccc1. The number of thioether (sulfide) groups is 1. The number of nitrogens with one attached hydrogen (secondary N) is 1. The topological polar surface area (TPSA) is 68.5 Å². The minimum atomic E-state index is -0.811. The molecular formula is C29H25NO4S. The van der Waals surface area contributed by atoms with Gasteiger partial charge in [0.05, 0.1) is 16.4 Å². The Morgan fingerprint density at radius 1 is 0.857 bits per heavy atom. The first-order valence-electron chi connectivity index (χ1n) is 11.4. The zero-order valence-electron chi connectivity index (χ0n) is 19.2. The molecule has 1 N–H and O–H groups in total. The number of amides is 1. The minimum Gasteiger partial charge on any atom is -0.465 e. The van der Waals surface area contributed by atoms with Gasteiger partial charge < -0.3 is 14.5 Å². The van der Waals surface area contributed by atoms with E-state index in [-0.39, 0.29) is 11.3 Å². The molecule has 3 aromatic carbocycles.